The first-order chi connectivity index (χ1) is 8.40. The first-order valence-electron chi connectivity index (χ1n) is 4.67. The summed E-state index contributed by atoms with van der Waals surface area (Å²) in [7, 11) is 1.24. The van der Waals surface area contributed by atoms with Crippen molar-refractivity contribution in [1.82, 2.24) is 0 Å². The zero-order valence-electron chi connectivity index (χ0n) is 8.95. The van der Waals surface area contributed by atoms with Crippen molar-refractivity contribution in [3.05, 3.63) is 27.3 Å². The van der Waals surface area contributed by atoms with Crippen LogP contribution in [-0.4, -0.2) is 28.9 Å². The highest BCUT2D eigenvalue weighted by molar-refractivity contribution is 6.59. The summed E-state index contributed by atoms with van der Waals surface area (Å²) in [5.74, 6) is -2.89. The van der Waals surface area contributed by atoms with Crippen LogP contribution in [-0.2, 0) is 0 Å². The third-order valence-corrected chi connectivity index (χ3v) is 3.33. The molecule has 2 N–H and O–H groups in total. The third kappa shape index (κ3) is 1.55. The Kier molecular flexibility index (Phi) is 2.96. The molecule has 1 aromatic carbocycles. The van der Waals surface area contributed by atoms with Crippen LogP contribution in [0.25, 0.3) is 0 Å². The van der Waals surface area contributed by atoms with Crippen molar-refractivity contribution < 1.29 is 24.5 Å². The van der Waals surface area contributed by atoms with Crippen LogP contribution in [0.15, 0.2) is 16.1 Å². The van der Waals surface area contributed by atoms with Gasteiger partial charge in [-0.25, -0.2) is 0 Å². The molecule has 0 saturated heterocycles. The molecule has 0 aromatic heterocycles. The zero-order chi connectivity index (χ0) is 13.6. The van der Waals surface area contributed by atoms with Crippen LogP contribution in [0.4, 0.5) is 0 Å². The molecule has 0 heterocycles. The minimum absolute atomic E-state index is 0.144. The summed E-state index contributed by atoms with van der Waals surface area (Å²) < 4.78 is 4.77. The number of hydrogen-bond donors (Lipinski definition) is 2. The number of ketones is 2. The number of halogens is 2. The number of Topliss-reactive ketones (excluding diaryl/α,β-unsaturated/α-hetero) is 2. The molecule has 0 spiro atoms. The smallest absolute Gasteiger partial charge is 0.210 e. The minimum atomic E-state index is -0.844. The summed E-state index contributed by atoms with van der Waals surface area (Å²) in [5.41, 5.74) is -0.793. The highest BCUT2D eigenvalue weighted by Crippen LogP contribution is 2.44. The van der Waals surface area contributed by atoms with E-state index in [1.807, 2.05) is 0 Å². The number of phenolic OH excluding ortho intramolecular Hbond substituents is 2. The fourth-order valence-corrected chi connectivity index (χ4v) is 2.02. The van der Waals surface area contributed by atoms with Crippen LogP contribution < -0.4 is 4.74 Å². The molecular formula is C11H6Cl2O5. The van der Waals surface area contributed by atoms with Gasteiger partial charge in [-0.3, -0.25) is 9.59 Å². The van der Waals surface area contributed by atoms with Crippen LogP contribution in [0.1, 0.15) is 20.7 Å². The van der Waals surface area contributed by atoms with E-state index >= 15 is 0 Å². The molecule has 0 radical (unpaired) electrons. The van der Waals surface area contributed by atoms with Crippen LogP contribution >= 0.6 is 23.2 Å². The predicted molar refractivity (Wildman–Crippen MR) is 63.7 cm³/mol. The maximum absolute atomic E-state index is 11.9. The second-order valence-corrected chi connectivity index (χ2v) is 4.24. The summed E-state index contributed by atoms with van der Waals surface area (Å²) in [5, 5.41) is 18.5. The van der Waals surface area contributed by atoms with E-state index in [0.29, 0.717) is 0 Å². The molecular weight excluding hydrogens is 283 g/mol. The molecule has 0 amide bonds. The van der Waals surface area contributed by atoms with Crippen molar-refractivity contribution in [2.24, 2.45) is 0 Å². The Labute approximate surface area is 111 Å². The van der Waals surface area contributed by atoms with Crippen LogP contribution in [0, 0.1) is 0 Å². The Bertz CT molecular complexity index is 618. The van der Waals surface area contributed by atoms with E-state index in [9.17, 15) is 19.8 Å². The van der Waals surface area contributed by atoms with E-state index in [-0.39, 0.29) is 11.3 Å². The number of carbonyl (C=O) groups is 2. The van der Waals surface area contributed by atoms with Crippen LogP contribution in [0.5, 0.6) is 17.2 Å². The highest BCUT2D eigenvalue weighted by Gasteiger charge is 2.36. The van der Waals surface area contributed by atoms with Gasteiger partial charge in [0.15, 0.2) is 11.5 Å². The number of aromatic hydroxyl groups is 2. The largest absolute Gasteiger partial charge is 0.507 e. The Morgan fingerprint density at radius 1 is 1.06 bits per heavy atom. The molecule has 0 unspecified atom stereocenters. The zero-order valence-corrected chi connectivity index (χ0v) is 10.5. The van der Waals surface area contributed by atoms with Crippen molar-refractivity contribution in [1.29, 1.82) is 0 Å². The fourth-order valence-electron chi connectivity index (χ4n) is 1.66. The minimum Gasteiger partial charge on any atom is -0.507 e. The van der Waals surface area contributed by atoms with E-state index in [4.69, 9.17) is 27.9 Å². The molecule has 7 heteroatoms. The lowest BCUT2D eigenvalue weighted by atomic mass is 9.92. The Morgan fingerprint density at radius 3 is 2.06 bits per heavy atom. The van der Waals surface area contributed by atoms with Gasteiger partial charge in [0.1, 0.15) is 15.8 Å². The van der Waals surface area contributed by atoms with Gasteiger partial charge in [-0.05, 0) is 0 Å². The lowest BCUT2D eigenvalue weighted by Gasteiger charge is -2.18. The molecule has 18 heavy (non-hydrogen) atoms. The number of rotatable bonds is 1. The Hall–Kier alpha value is -1.72. The van der Waals surface area contributed by atoms with Crippen molar-refractivity contribution in [3.8, 4) is 17.2 Å². The van der Waals surface area contributed by atoms with Crippen molar-refractivity contribution in [2.75, 3.05) is 7.11 Å². The highest BCUT2D eigenvalue weighted by atomic mass is 35.5. The second-order valence-electron chi connectivity index (χ2n) is 3.48. The number of benzene rings is 1. The lowest BCUT2D eigenvalue weighted by molar-refractivity contribution is 0.0981. The topological polar surface area (TPSA) is 83.8 Å². The molecule has 5 nitrogen and oxygen atoms in total. The summed E-state index contributed by atoms with van der Waals surface area (Å²) in [6.07, 6.45) is 0. The standard InChI is InChI=1S/C11H6Cl2O5/c1-18-4-2-3(14)5-6(9(4)15)11(17)8(13)7(12)10(5)16/h2,14-15H,1H3. The van der Waals surface area contributed by atoms with Gasteiger partial charge in [-0.1, -0.05) is 23.2 Å². The molecule has 1 aliphatic rings. The number of allylic oxidation sites excluding steroid dienone is 2. The second kappa shape index (κ2) is 4.19. The number of ether oxygens (including phenoxy) is 1. The van der Waals surface area contributed by atoms with Gasteiger partial charge in [-0.2, -0.15) is 0 Å². The summed E-state index contributed by atoms with van der Waals surface area (Å²) in [6, 6.07) is 1.02. The average molecular weight is 289 g/mol. The van der Waals surface area contributed by atoms with Gasteiger partial charge < -0.3 is 14.9 Å². The maximum Gasteiger partial charge on any atom is 0.210 e. The molecule has 0 bridgehead atoms. The number of methoxy groups -OCH3 is 1. The number of carbonyl (C=O) groups excluding carboxylic acids is 2. The van der Waals surface area contributed by atoms with E-state index in [1.165, 1.54) is 7.11 Å². The average Bonchev–Trinajstić information content (AvgIpc) is 2.35. The molecule has 0 atom stereocenters. The SMILES string of the molecule is COc1cc(O)c2c(c1O)C(=O)C(Cl)=C(Cl)C2=O. The summed E-state index contributed by atoms with van der Waals surface area (Å²) >= 11 is 11.2. The van der Waals surface area contributed by atoms with Gasteiger partial charge in [0.2, 0.25) is 11.6 Å². The van der Waals surface area contributed by atoms with Gasteiger partial charge in [-0.15, -0.1) is 0 Å². The quantitative estimate of drug-likeness (QED) is 0.774. The van der Waals surface area contributed by atoms with Crippen LogP contribution in [0.2, 0.25) is 0 Å². The monoisotopic (exact) mass is 288 g/mol. The molecule has 2 rings (SSSR count). The van der Waals surface area contributed by atoms with Crippen molar-refractivity contribution in [3.63, 3.8) is 0 Å². The van der Waals surface area contributed by atoms with E-state index < -0.39 is 38.7 Å². The predicted octanol–water partition coefficient (Wildman–Crippen LogP) is 2.17. The lowest BCUT2D eigenvalue weighted by Crippen LogP contribution is -2.18. The molecule has 0 saturated carbocycles. The number of hydrogen-bond acceptors (Lipinski definition) is 5. The van der Waals surface area contributed by atoms with Crippen molar-refractivity contribution in [2.45, 2.75) is 0 Å². The maximum atomic E-state index is 11.9. The first-order valence-corrected chi connectivity index (χ1v) is 5.43. The molecule has 1 aromatic rings. The Morgan fingerprint density at radius 2 is 1.56 bits per heavy atom. The fraction of sp³-hybridized carbons (Fsp3) is 0.0909. The molecule has 94 valence electrons. The van der Waals surface area contributed by atoms with Crippen molar-refractivity contribution >= 4 is 34.8 Å². The van der Waals surface area contributed by atoms with E-state index in [1.54, 1.807) is 0 Å². The van der Waals surface area contributed by atoms with Gasteiger partial charge in [0.25, 0.3) is 0 Å². The molecule has 1 aliphatic carbocycles. The molecule has 0 fully saturated rings. The third-order valence-electron chi connectivity index (χ3n) is 2.51. The number of phenols is 2. The summed E-state index contributed by atoms with van der Waals surface area (Å²) in [6.45, 7) is 0. The van der Waals surface area contributed by atoms with Gasteiger partial charge in [0.05, 0.1) is 18.2 Å². The van der Waals surface area contributed by atoms with Crippen LogP contribution in [0.3, 0.4) is 0 Å². The Balaban J connectivity index is 2.86. The number of fused-ring (bicyclic) bond motifs is 1. The molecule has 0 aliphatic heterocycles. The van der Waals surface area contributed by atoms with E-state index in [0.717, 1.165) is 6.07 Å². The summed E-state index contributed by atoms with van der Waals surface area (Å²) in [4.78, 5) is 23.7. The first kappa shape index (κ1) is 12.7. The van der Waals surface area contributed by atoms with Gasteiger partial charge in [0, 0.05) is 6.07 Å². The van der Waals surface area contributed by atoms with E-state index in [2.05, 4.69) is 0 Å². The normalized spacial score (nSPS) is 14.8. The van der Waals surface area contributed by atoms with Gasteiger partial charge >= 0.3 is 0 Å².